The molecule has 0 saturated carbocycles. The number of nitrogens with one attached hydrogen (secondary N) is 1. The number of amides is 2. The second kappa shape index (κ2) is 7.85. The number of carbonyl (C=O) groups excluding carboxylic acids is 2. The van der Waals surface area contributed by atoms with Gasteiger partial charge in [0.05, 0.1) is 11.1 Å². The summed E-state index contributed by atoms with van der Waals surface area (Å²) in [7, 11) is 3.37. The summed E-state index contributed by atoms with van der Waals surface area (Å²) in [6.07, 6.45) is 0.342. The van der Waals surface area contributed by atoms with Gasteiger partial charge in [0.15, 0.2) is 0 Å². The zero-order valence-electron chi connectivity index (χ0n) is 16.1. The highest BCUT2D eigenvalue weighted by Crippen LogP contribution is 2.18. The number of rotatable bonds is 7. The number of para-hydroxylation sites is 1. The van der Waals surface area contributed by atoms with E-state index in [9.17, 15) is 14.0 Å². The molecule has 2 rings (SSSR count). The number of H-pyrrole nitrogens is 1. The molecule has 2 amide bonds. The normalized spacial score (nSPS) is 11.6. The van der Waals surface area contributed by atoms with Crippen LogP contribution in [0.2, 0.25) is 0 Å². The third-order valence-corrected chi connectivity index (χ3v) is 4.34. The lowest BCUT2D eigenvalue weighted by Crippen LogP contribution is -2.37. The molecule has 7 heteroatoms. The van der Waals surface area contributed by atoms with Crippen LogP contribution < -0.4 is 0 Å². The van der Waals surface area contributed by atoms with E-state index in [1.807, 2.05) is 19.1 Å². The van der Waals surface area contributed by atoms with Gasteiger partial charge in [0, 0.05) is 33.6 Å². The Morgan fingerprint density at radius 2 is 1.85 bits per heavy atom. The van der Waals surface area contributed by atoms with E-state index in [-0.39, 0.29) is 24.7 Å². The van der Waals surface area contributed by atoms with Gasteiger partial charge in [-0.2, -0.15) is 0 Å². The molecule has 0 unspecified atom stereocenters. The highest BCUT2D eigenvalue weighted by Gasteiger charge is 2.20. The quantitative estimate of drug-likeness (QED) is 0.823. The van der Waals surface area contributed by atoms with Crippen LogP contribution in [0.4, 0.5) is 4.39 Å². The van der Waals surface area contributed by atoms with E-state index in [0.29, 0.717) is 24.2 Å². The molecule has 1 heterocycles. The highest BCUT2D eigenvalue weighted by atomic mass is 19.1. The summed E-state index contributed by atoms with van der Waals surface area (Å²) in [5, 5.41) is 0. The Hall–Kier alpha value is -2.44. The number of nitrogens with zero attached hydrogens (tertiary/aromatic N) is 3. The van der Waals surface area contributed by atoms with Crippen molar-refractivity contribution in [2.75, 3.05) is 27.2 Å². The monoisotopic (exact) mass is 362 g/mol. The largest absolute Gasteiger partial charge is 0.344 e. The number of alkyl halides is 1. The van der Waals surface area contributed by atoms with Crippen LogP contribution in [0.1, 0.15) is 42.9 Å². The van der Waals surface area contributed by atoms with Crippen molar-refractivity contribution in [1.29, 1.82) is 0 Å². The van der Waals surface area contributed by atoms with Crippen molar-refractivity contribution < 1.29 is 14.0 Å². The molecule has 0 fully saturated rings. The number of likely N-dealkylation sites (N-methyl/N-ethyl adjacent to an activating group) is 2. The predicted octanol–water partition coefficient (Wildman–Crippen LogP) is 2.93. The predicted molar refractivity (Wildman–Crippen MR) is 99.8 cm³/mol. The average molecular weight is 362 g/mol. The fourth-order valence-corrected chi connectivity index (χ4v) is 2.65. The number of aryl methyl sites for hydroxylation is 1. The van der Waals surface area contributed by atoms with Crippen LogP contribution in [-0.4, -0.2) is 64.4 Å². The zero-order valence-corrected chi connectivity index (χ0v) is 16.1. The fourth-order valence-electron chi connectivity index (χ4n) is 2.65. The molecule has 142 valence electrons. The number of fused-ring (bicyclic) bond motifs is 1. The lowest BCUT2D eigenvalue weighted by Gasteiger charge is -2.23. The van der Waals surface area contributed by atoms with Crippen molar-refractivity contribution in [1.82, 2.24) is 19.8 Å². The topological polar surface area (TPSA) is 69.3 Å². The van der Waals surface area contributed by atoms with Crippen molar-refractivity contribution in [3.05, 3.63) is 29.6 Å². The smallest absolute Gasteiger partial charge is 0.255 e. The first kappa shape index (κ1) is 19.9. The summed E-state index contributed by atoms with van der Waals surface area (Å²) in [5.41, 5.74) is 0.644. The Balaban J connectivity index is 1.95. The molecule has 1 aromatic heterocycles. The molecule has 0 bridgehead atoms. The summed E-state index contributed by atoms with van der Waals surface area (Å²) in [4.78, 5) is 35.4. The maximum Gasteiger partial charge on any atom is 0.255 e. The SMILES string of the molecule is Cc1nc2c(C(=O)N(C)CCN(C)C(=O)CCC(C)(C)F)cccc2[nH]1. The van der Waals surface area contributed by atoms with E-state index >= 15 is 0 Å². The third kappa shape index (κ3) is 5.03. The van der Waals surface area contributed by atoms with E-state index in [2.05, 4.69) is 9.97 Å². The first-order chi connectivity index (χ1) is 12.1. The van der Waals surface area contributed by atoms with E-state index in [1.54, 1.807) is 25.1 Å². The lowest BCUT2D eigenvalue weighted by atomic mass is 10.0. The minimum atomic E-state index is -1.36. The first-order valence-electron chi connectivity index (χ1n) is 8.72. The summed E-state index contributed by atoms with van der Waals surface area (Å²) in [6.45, 7) is 5.55. The van der Waals surface area contributed by atoms with Crippen LogP contribution in [0.5, 0.6) is 0 Å². The van der Waals surface area contributed by atoms with E-state index < -0.39 is 5.67 Å². The number of aromatic amines is 1. The van der Waals surface area contributed by atoms with Crippen LogP contribution in [-0.2, 0) is 4.79 Å². The van der Waals surface area contributed by atoms with E-state index in [1.165, 1.54) is 18.7 Å². The lowest BCUT2D eigenvalue weighted by molar-refractivity contribution is -0.130. The zero-order chi connectivity index (χ0) is 19.5. The number of imidazole rings is 1. The molecule has 1 aromatic carbocycles. The van der Waals surface area contributed by atoms with Gasteiger partial charge >= 0.3 is 0 Å². The Labute approximate surface area is 153 Å². The molecule has 0 aliphatic rings. The first-order valence-corrected chi connectivity index (χ1v) is 8.72. The summed E-state index contributed by atoms with van der Waals surface area (Å²) >= 11 is 0. The molecule has 0 spiro atoms. The van der Waals surface area contributed by atoms with Crippen molar-refractivity contribution in [3.8, 4) is 0 Å². The molecule has 0 aliphatic heterocycles. The number of carbonyl (C=O) groups is 2. The minimum absolute atomic E-state index is 0.124. The molecule has 26 heavy (non-hydrogen) atoms. The van der Waals surface area contributed by atoms with Gasteiger partial charge in [-0.25, -0.2) is 9.37 Å². The van der Waals surface area contributed by atoms with Gasteiger partial charge in [-0.05, 0) is 39.3 Å². The molecule has 0 saturated heterocycles. The van der Waals surface area contributed by atoms with Gasteiger partial charge < -0.3 is 14.8 Å². The minimum Gasteiger partial charge on any atom is -0.344 e. The molecule has 0 radical (unpaired) electrons. The second-order valence-electron chi connectivity index (χ2n) is 7.28. The van der Waals surface area contributed by atoms with Gasteiger partial charge in [0.1, 0.15) is 17.0 Å². The average Bonchev–Trinajstić information content (AvgIpc) is 2.95. The Kier molecular flexibility index (Phi) is 6.00. The van der Waals surface area contributed by atoms with Crippen molar-refractivity contribution in [2.45, 2.75) is 39.3 Å². The number of halogens is 1. The van der Waals surface area contributed by atoms with Crippen LogP contribution >= 0.6 is 0 Å². The van der Waals surface area contributed by atoms with Crippen molar-refractivity contribution in [3.63, 3.8) is 0 Å². The van der Waals surface area contributed by atoms with Crippen molar-refractivity contribution >= 4 is 22.8 Å². The summed E-state index contributed by atoms with van der Waals surface area (Å²) in [5.74, 6) is 0.485. The standard InChI is InChI=1S/C19H27FN4O2/c1-13-21-15-8-6-7-14(17(15)22-13)18(26)24(5)12-11-23(4)16(25)9-10-19(2,3)20/h6-8H,9-12H2,1-5H3,(H,21,22). The Morgan fingerprint density at radius 3 is 2.50 bits per heavy atom. The molecule has 0 aliphatic carbocycles. The van der Waals surface area contributed by atoms with Gasteiger partial charge in [-0.15, -0.1) is 0 Å². The van der Waals surface area contributed by atoms with Crippen LogP contribution in [0, 0.1) is 6.92 Å². The maximum atomic E-state index is 13.5. The number of benzene rings is 1. The maximum absolute atomic E-state index is 13.5. The number of hydrogen-bond donors (Lipinski definition) is 1. The van der Waals surface area contributed by atoms with Gasteiger partial charge in [0.2, 0.25) is 5.91 Å². The van der Waals surface area contributed by atoms with Gasteiger partial charge in [0.25, 0.3) is 5.91 Å². The van der Waals surface area contributed by atoms with Crippen LogP contribution in [0.15, 0.2) is 18.2 Å². The molecular formula is C19H27FN4O2. The van der Waals surface area contributed by atoms with Crippen LogP contribution in [0.25, 0.3) is 11.0 Å². The van der Waals surface area contributed by atoms with Crippen LogP contribution in [0.3, 0.4) is 0 Å². The molecule has 0 atom stereocenters. The van der Waals surface area contributed by atoms with Crippen molar-refractivity contribution in [2.24, 2.45) is 0 Å². The Morgan fingerprint density at radius 1 is 1.19 bits per heavy atom. The second-order valence-corrected chi connectivity index (χ2v) is 7.28. The number of hydrogen-bond acceptors (Lipinski definition) is 3. The molecule has 6 nitrogen and oxygen atoms in total. The summed E-state index contributed by atoms with van der Waals surface area (Å²) in [6, 6.07) is 5.44. The fraction of sp³-hybridized carbons (Fsp3) is 0.526. The highest BCUT2D eigenvalue weighted by molar-refractivity contribution is 6.04. The molecule has 1 N–H and O–H groups in total. The van der Waals surface area contributed by atoms with Gasteiger partial charge in [-0.1, -0.05) is 6.07 Å². The Bertz CT molecular complexity index is 794. The van der Waals surface area contributed by atoms with E-state index in [4.69, 9.17) is 0 Å². The molecule has 2 aromatic rings. The van der Waals surface area contributed by atoms with Gasteiger partial charge in [-0.3, -0.25) is 9.59 Å². The third-order valence-electron chi connectivity index (χ3n) is 4.34. The molecular weight excluding hydrogens is 335 g/mol. The van der Waals surface area contributed by atoms with E-state index in [0.717, 1.165) is 11.3 Å². The summed E-state index contributed by atoms with van der Waals surface area (Å²) < 4.78 is 13.5. The number of aromatic nitrogens is 2.